The zero-order chi connectivity index (χ0) is 22.6. The van der Waals surface area contributed by atoms with Crippen LogP contribution in [0.2, 0.25) is 0 Å². The summed E-state index contributed by atoms with van der Waals surface area (Å²) in [6.07, 6.45) is -2.60. The van der Waals surface area contributed by atoms with Crippen molar-refractivity contribution in [3.05, 3.63) is 82.2 Å². The summed E-state index contributed by atoms with van der Waals surface area (Å²) in [6, 6.07) is 11.3. The van der Waals surface area contributed by atoms with E-state index in [4.69, 9.17) is 9.47 Å². The summed E-state index contributed by atoms with van der Waals surface area (Å²) in [4.78, 5) is 20.2. The van der Waals surface area contributed by atoms with E-state index in [1.807, 2.05) is 30.3 Å². The van der Waals surface area contributed by atoms with Gasteiger partial charge >= 0.3 is 12.1 Å². The number of nitrogens with zero attached hydrogens (tertiary/aromatic N) is 5. The topological polar surface area (TPSA) is 92.0 Å². The van der Waals surface area contributed by atoms with Gasteiger partial charge in [0.15, 0.2) is 11.5 Å². The van der Waals surface area contributed by atoms with E-state index < -0.39 is 17.7 Å². The molecule has 0 aliphatic carbocycles. The number of alkyl halides is 3. The third-order valence-electron chi connectivity index (χ3n) is 4.07. The van der Waals surface area contributed by atoms with E-state index in [0.717, 1.165) is 27.6 Å². The second-order valence-corrected chi connectivity index (χ2v) is 7.30. The molecule has 0 saturated heterocycles. The number of para-hydroxylation sites is 1. The van der Waals surface area contributed by atoms with Crippen molar-refractivity contribution in [1.29, 1.82) is 0 Å². The van der Waals surface area contributed by atoms with Gasteiger partial charge < -0.3 is 9.47 Å². The van der Waals surface area contributed by atoms with Gasteiger partial charge in [0.25, 0.3) is 0 Å². The zero-order valence-corrected chi connectivity index (χ0v) is 17.0. The quantitative estimate of drug-likeness (QED) is 0.383. The highest BCUT2D eigenvalue weighted by Gasteiger charge is 2.30. The van der Waals surface area contributed by atoms with Gasteiger partial charge in [-0.15, -0.1) is 16.4 Å². The summed E-state index contributed by atoms with van der Waals surface area (Å²) in [5.74, 6) is 0.0478. The second kappa shape index (κ2) is 9.14. The van der Waals surface area contributed by atoms with E-state index in [1.165, 1.54) is 17.5 Å². The van der Waals surface area contributed by atoms with E-state index in [1.54, 1.807) is 5.38 Å². The maximum Gasteiger partial charge on any atom is 0.417 e. The summed E-state index contributed by atoms with van der Waals surface area (Å²) < 4.78 is 49.8. The fraction of sp³-hybridized carbons (Fsp3) is 0.150. The van der Waals surface area contributed by atoms with E-state index in [0.29, 0.717) is 11.9 Å². The van der Waals surface area contributed by atoms with Crippen molar-refractivity contribution in [1.82, 2.24) is 25.0 Å². The van der Waals surface area contributed by atoms with Crippen molar-refractivity contribution in [2.24, 2.45) is 0 Å². The fourth-order valence-electron chi connectivity index (χ4n) is 2.52. The predicted molar refractivity (Wildman–Crippen MR) is 106 cm³/mol. The minimum absolute atomic E-state index is 0.0760. The molecular weight excluding hydrogens is 447 g/mol. The smallest absolute Gasteiger partial charge is 0.417 e. The Bertz CT molecular complexity index is 1190. The van der Waals surface area contributed by atoms with Crippen molar-refractivity contribution in [3.8, 4) is 11.6 Å². The van der Waals surface area contributed by atoms with Crippen LogP contribution in [0, 0.1) is 0 Å². The van der Waals surface area contributed by atoms with Gasteiger partial charge in [0.05, 0.1) is 17.5 Å². The number of rotatable bonds is 7. The third-order valence-corrected chi connectivity index (χ3v) is 4.94. The number of carbonyl (C=O) groups excluding carboxylic acids is 1. The molecule has 3 aromatic heterocycles. The van der Waals surface area contributed by atoms with Crippen LogP contribution in [0.25, 0.3) is 5.82 Å². The largest absolute Gasteiger partial charge is 0.486 e. The van der Waals surface area contributed by atoms with Crippen LogP contribution in [-0.2, 0) is 24.1 Å². The van der Waals surface area contributed by atoms with Crippen LogP contribution in [0.5, 0.6) is 5.75 Å². The number of halogens is 3. The molecule has 0 radical (unpaired) electrons. The number of hydrogen-bond donors (Lipinski definition) is 0. The predicted octanol–water partition coefficient (Wildman–Crippen LogP) is 4.07. The molecule has 0 fully saturated rings. The average molecular weight is 461 g/mol. The van der Waals surface area contributed by atoms with Gasteiger partial charge in [-0.2, -0.15) is 13.2 Å². The summed E-state index contributed by atoms with van der Waals surface area (Å²) in [5, 5.41) is 9.86. The van der Waals surface area contributed by atoms with Crippen LogP contribution < -0.4 is 4.74 Å². The van der Waals surface area contributed by atoms with Gasteiger partial charge in [0.1, 0.15) is 24.0 Å². The standard InChI is InChI=1S/C20H14F3N5O3S/c21-20(22,23)13-6-7-17(24-8-13)28-9-16(26-27-28)19(29)31-10-14-12-32-18(25-14)11-30-15-4-2-1-3-5-15/h1-9,12H,10-11H2. The summed E-state index contributed by atoms with van der Waals surface area (Å²) >= 11 is 1.37. The molecule has 4 aromatic rings. The van der Waals surface area contributed by atoms with Crippen molar-refractivity contribution < 1.29 is 27.4 Å². The van der Waals surface area contributed by atoms with Crippen LogP contribution in [0.4, 0.5) is 13.2 Å². The van der Waals surface area contributed by atoms with Gasteiger partial charge in [-0.3, -0.25) is 0 Å². The molecule has 3 heterocycles. The van der Waals surface area contributed by atoms with Gasteiger partial charge in [0.2, 0.25) is 0 Å². The van der Waals surface area contributed by atoms with Crippen molar-refractivity contribution in [2.45, 2.75) is 19.4 Å². The Hall–Kier alpha value is -3.80. The Morgan fingerprint density at radius 2 is 1.91 bits per heavy atom. The normalized spacial score (nSPS) is 11.3. The molecular formula is C20H14F3N5O3S. The number of aromatic nitrogens is 5. The van der Waals surface area contributed by atoms with Crippen molar-refractivity contribution in [2.75, 3.05) is 0 Å². The minimum atomic E-state index is -4.49. The Morgan fingerprint density at radius 1 is 1.09 bits per heavy atom. The Balaban J connectivity index is 1.31. The first-order valence-corrected chi connectivity index (χ1v) is 10.0. The molecule has 32 heavy (non-hydrogen) atoms. The van der Waals surface area contributed by atoms with Gasteiger partial charge in [-0.05, 0) is 24.3 Å². The number of thiazole rings is 1. The molecule has 4 rings (SSSR count). The molecule has 0 unspecified atom stereocenters. The van der Waals surface area contributed by atoms with E-state index in [9.17, 15) is 18.0 Å². The molecule has 0 saturated carbocycles. The van der Waals surface area contributed by atoms with Crippen molar-refractivity contribution in [3.63, 3.8) is 0 Å². The summed E-state index contributed by atoms with van der Waals surface area (Å²) in [5.41, 5.74) is -0.459. The lowest BCUT2D eigenvalue weighted by Gasteiger charge is -2.06. The van der Waals surface area contributed by atoms with E-state index in [2.05, 4.69) is 20.3 Å². The Labute approximate surface area is 183 Å². The Kier molecular flexibility index (Phi) is 6.12. The summed E-state index contributed by atoms with van der Waals surface area (Å²) in [7, 11) is 0. The molecule has 164 valence electrons. The maximum absolute atomic E-state index is 12.6. The zero-order valence-electron chi connectivity index (χ0n) is 16.2. The monoisotopic (exact) mass is 461 g/mol. The van der Waals surface area contributed by atoms with Gasteiger partial charge in [-0.25, -0.2) is 19.4 Å². The number of benzene rings is 1. The van der Waals surface area contributed by atoms with Crippen molar-refractivity contribution >= 4 is 17.3 Å². The lowest BCUT2D eigenvalue weighted by molar-refractivity contribution is -0.137. The molecule has 12 heteroatoms. The molecule has 8 nitrogen and oxygen atoms in total. The first kappa shape index (κ1) is 21.4. The average Bonchev–Trinajstić information content (AvgIpc) is 3.46. The molecule has 0 aliphatic rings. The Morgan fingerprint density at radius 3 is 2.62 bits per heavy atom. The minimum Gasteiger partial charge on any atom is -0.486 e. The molecule has 0 spiro atoms. The molecule has 1 aromatic carbocycles. The fourth-order valence-corrected chi connectivity index (χ4v) is 3.21. The number of ether oxygens (including phenoxy) is 2. The number of carbonyl (C=O) groups is 1. The highest BCUT2D eigenvalue weighted by Crippen LogP contribution is 2.28. The van der Waals surface area contributed by atoms with E-state index in [-0.39, 0.29) is 24.7 Å². The highest BCUT2D eigenvalue weighted by molar-refractivity contribution is 7.09. The number of hydrogen-bond acceptors (Lipinski definition) is 8. The van der Waals surface area contributed by atoms with Crippen LogP contribution in [0.3, 0.4) is 0 Å². The number of pyridine rings is 1. The molecule has 0 N–H and O–H groups in total. The van der Waals surface area contributed by atoms with Crippen LogP contribution in [0.1, 0.15) is 26.8 Å². The van der Waals surface area contributed by atoms with Gasteiger partial charge in [0, 0.05) is 11.6 Å². The SMILES string of the molecule is O=C(OCc1csc(COc2ccccc2)n1)c1cn(-c2ccc(C(F)(F)F)cn2)nn1. The molecule has 0 atom stereocenters. The summed E-state index contributed by atoms with van der Waals surface area (Å²) in [6.45, 7) is 0.211. The lowest BCUT2D eigenvalue weighted by atomic mass is 10.3. The highest BCUT2D eigenvalue weighted by atomic mass is 32.1. The van der Waals surface area contributed by atoms with E-state index >= 15 is 0 Å². The van der Waals surface area contributed by atoms with Crippen LogP contribution >= 0.6 is 11.3 Å². The number of esters is 1. The van der Waals surface area contributed by atoms with Gasteiger partial charge in [-0.1, -0.05) is 23.4 Å². The maximum atomic E-state index is 12.6. The first-order chi connectivity index (χ1) is 15.4. The molecule has 0 bridgehead atoms. The lowest BCUT2D eigenvalue weighted by Crippen LogP contribution is -2.07. The van der Waals surface area contributed by atoms with Crippen LogP contribution in [-0.4, -0.2) is 30.9 Å². The molecule has 0 aliphatic heterocycles. The van der Waals surface area contributed by atoms with Crippen LogP contribution in [0.15, 0.2) is 60.2 Å². The third kappa shape index (κ3) is 5.27. The molecule has 0 amide bonds. The second-order valence-electron chi connectivity index (χ2n) is 6.36. The first-order valence-electron chi connectivity index (χ1n) is 9.13.